The minimum atomic E-state index is -0.0933. The number of benzene rings is 1. The molecule has 134 valence electrons. The second-order valence-corrected chi connectivity index (χ2v) is 7.81. The number of carbonyl (C=O) groups is 1. The third-order valence-electron chi connectivity index (χ3n) is 4.21. The van der Waals surface area contributed by atoms with Crippen LogP contribution in [-0.4, -0.2) is 29.1 Å². The number of thiazole rings is 1. The Morgan fingerprint density at radius 3 is 3.00 bits per heavy atom. The molecule has 0 unspecified atom stereocenters. The van der Waals surface area contributed by atoms with Crippen LogP contribution in [0.1, 0.15) is 48.5 Å². The van der Waals surface area contributed by atoms with Crippen molar-refractivity contribution >= 4 is 17.4 Å². The fraction of sp³-hybridized carbons (Fsp3) is 0.474. The second kappa shape index (κ2) is 7.44. The molecule has 1 aromatic carbocycles. The lowest BCUT2D eigenvalue weighted by molar-refractivity contribution is 0.206. The van der Waals surface area contributed by atoms with Crippen LogP contribution in [0.15, 0.2) is 23.6 Å². The molecule has 3 rings (SSSR count). The van der Waals surface area contributed by atoms with Crippen molar-refractivity contribution in [1.29, 1.82) is 0 Å². The molecule has 0 saturated carbocycles. The smallest absolute Gasteiger partial charge is 0.317 e. The molecule has 0 spiro atoms. The number of nitrogens with zero attached hydrogens (tertiary/aromatic N) is 2. The molecule has 5 nitrogen and oxygen atoms in total. The van der Waals surface area contributed by atoms with E-state index in [1.807, 2.05) is 17.5 Å². The molecule has 0 radical (unpaired) electrons. The zero-order valence-electron chi connectivity index (χ0n) is 15.2. The predicted octanol–water partition coefficient (Wildman–Crippen LogP) is 3.93. The topological polar surface area (TPSA) is 54.5 Å². The van der Waals surface area contributed by atoms with Crippen molar-refractivity contribution < 1.29 is 9.53 Å². The highest BCUT2D eigenvalue weighted by atomic mass is 32.1. The maximum atomic E-state index is 12.3. The number of ether oxygens (including phenoxy) is 1. The van der Waals surface area contributed by atoms with Gasteiger partial charge in [0.15, 0.2) is 0 Å². The summed E-state index contributed by atoms with van der Waals surface area (Å²) in [6, 6.07) is 6.03. The van der Waals surface area contributed by atoms with Gasteiger partial charge in [0.1, 0.15) is 11.9 Å². The first-order valence-electron chi connectivity index (χ1n) is 8.64. The van der Waals surface area contributed by atoms with Gasteiger partial charge in [-0.3, -0.25) is 0 Å². The normalized spacial score (nSPS) is 15.8. The van der Waals surface area contributed by atoms with Crippen LogP contribution >= 0.6 is 11.3 Å². The van der Waals surface area contributed by atoms with Crippen LogP contribution in [0.3, 0.4) is 0 Å². The van der Waals surface area contributed by atoms with Gasteiger partial charge in [-0.05, 0) is 24.1 Å². The average Bonchev–Trinajstić information content (AvgIpc) is 3.17. The Balaban J connectivity index is 1.52. The first kappa shape index (κ1) is 17.7. The van der Waals surface area contributed by atoms with Crippen molar-refractivity contribution in [2.24, 2.45) is 0 Å². The number of urea groups is 1. The molecular weight excluding hydrogens is 334 g/mol. The summed E-state index contributed by atoms with van der Waals surface area (Å²) >= 11 is 1.65. The van der Waals surface area contributed by atoms with Gasteiger partial charge in [-0.2, -0.15) is 0 Å². The molecule has 25 heavy (non-hydrogen) atoms. The Labute approximate surface area is 153 Å². The molecule has 6 heteroatoms. The number of hydrogen-bond acceptors (Lipinski definition) is 4. The molecular formula is C19H25N3O2S. The molecule has 1 aliphatic heterocycles. The number of fused-ring (bicyclic) bond motifs is 1. The fourth-order valence-corrected chi connectivity index (χ4v) is 3.70. The van der Waals surface area contributed by atoms with Gasteiger partial charge in [-0.15, -0.1) is 11.3 Å². The number of carbonyl (C=O) groups excluding carboxylic acids is 1. The summed E-state index contributed by atoms with van der Waals surface area (Å²) in [7, 11) is 1.79. The lowest BCUT2D eigenvalue weighted by atomic mass is 10.1. The molecule has 0 bridgehead atoms. The molecule has 1 atom stereocenters. The summed E-state index contributed by atoms with van der Waals surface area (Å²) in [5.41, 5.74) is 3.25. The molecule has 2 heterocycles. The van der Waals surface area contributed by atoms with E-state index in [2.05, 4.69) is 37.1 Å². The molecule has 2 amide bonds. The number of aromatic nitrogens is 1. The summed E-state index contributed by atoms with van der Waals surface area (Å²) in [6.07, 6.45) is 1.17. The molecule has 2 aromatic rings. The van der Waals surface area contributed by atoms with Gasteiger partial charge >= 0.3 is 6.03 Å². The van der Waals surface area contributed by atoms with E-state index in [1.54, 1.807) is 23.3 Å². The van der Waals surface area contributed by atoms with Crippen LogP contribution in [0.5, 0.6) is 5.75 Å². The van der Waals surface area contributed by atoms with E-state index in [-0.39, 0.29) is 12.1 Å². The average molecular weight is 359 g/mol. The summed E-state index contributed by atoms with van der Waals surface area (Å²) in [4.78, 5) is 18.6. The van der Waals surface area contributed by atoms with Crippen molar-refractivity contribution in [3.8, 4) is 5.75 Å². The Bertz CT molecular complexity index is 757. The summed E-state index contributed by atoms with van der Waals surface area (Å²) < 4.78 is 5.71. The van der Waals surface area contributed by atoms with Crippen molar-refractivity contribution in [2.45, 2.75) is 52.3 Å². The molecule has 1 N–H and O–H groups in total. The largest absolute Gasteiger partial charge is 0.490 e. The van der Waals surface area contributed by atoms with E-state index in [1.165, 1.54) is 5.56 Å². The van der Waals surface area contributed by atoms with Gasteiger partial charge in [-0.1, -0.05) is 26.0 Å². The summed E-state index contributed by atoms with van der Waals surface area (Å²) in [6.45, 7) is 7.35. The first-order valence-corrected chi connectivity index (χ1v) is 9.52. The van der Waals surface area contributed by atoms with E-state index in [4.69, 9.17) is 4.74 Å². The maximum Gasteiger partial charge on any atom is 0.317 e. The minimum Gasteiger partial charge on any atom is -0.490 e. The van der Waals surface area contributed by atoms with E-state index >= 15 is 0 Å². The second-order valence-electron chi connectivity index (χ2n) is 6.92. The lowest BCUT2D eigenvalue weighted by Gasteiger charge is -2.17. The van der Waals surface area contributed by atoms with Crippen LogP contribution in [0, 0.1) is 0 Å². The number of amides is 2. The Kier molecular flexibility index (Phi) is 5.27. The molecule has 1 aromatic heterocycles. The summed E-state index contributed by atoms with van der Waals surface area (Å²) in [5.74, 6) is 1.38. The van der Waals surface area contributed by atoms with Crippen LogP contribution in [0.2, 0.25) is 0 Å². The van der Waals surface area contributed by atoms with Crippen molar-refractivity contribution in [1.82, 2.24) is 15.2 Å². The van der Waals surface area contributed by atoms with Crippen molar-refractivity contribution in [3.63, 3.8) is 0 Å². The third-order valence-corrected chi connectivity index (χ3v) is 5.41. The predicted molar refractivity (Wildman–Crippen MR) is 100 cm³/mol. The van der Waals surface area contributed by atoms with E-state index in [9.17, 15) is 4.79 Å². The van der Waals surface area contributed by atoms with Crippen molar-refractivity contribution in [3.05, 3.63) is 45.4 Å². The van der Waals surface area contributed by atoms with Gasteiger partial charge in [0, 0.05) is 31.3 Å². The van der Waals surface area contributed by atoms with Crippen molar-refractivity contribution in [2.75, 3.05) is 7.05 Å². The zero-order valence-corrected chi connectivity index (χ0v) is 16.0. The maximum absolute atomic E-state index is 12.3. The Morgan fingerprint density at radius 2 is 2.28 bits per heavy atom. The molecule has 1 aliphatic rings. The van der Waals surface area contributed by atoms with Gasteiger partial charge in [0.25, 0.3) is 0 Å². The Morgan fingerprint density at radius 1 is 1.48 bits per heavy atom. The summed E-state index contributed by atoms with van der Waals surface area (Å²) in [5, 5.41) is 6.11. The minimum absolute atomic E-state index is 0.0933. The zero-order chi connectivity index (χ0) is 18.0. The first-order chi connectivity index (χ1) is 11.9. The van der Waals surface area contributed by atoms with Crippen LogP contribution in [-0.2, 0) is 19.5 Å². The van der Waals surface area contributed by atoms with Gasteiger partial charge in [0.05, 0.1) is 17.2 Å². The monoisotopic (exact) mass is 359 g/mol. The van der Waals surface area contributed by atoms with Crippen LogP contribution in [0.4, 0.5) is 4.79 Å². The molecule has 0 aliphatic carbocycles. The van der Waals surface area contributed by atoms with E-state index in [0.29, 0.717) is 19.0 Å². The molecule has 0 fully saturated rings. The highest BCUT2D eigenvalue weighted by Crippen LogP contribution is 2.29. The molecule has 0 saturated heterocycles. The quantitative estimate of drug-likeness (QED) is 0.880. The standard InChI is InChI=1S/C19H25N3O2S/c1-12(2)18-21-16(11-25-18)10-22(4)19(23)20-9-14-5-6-17-15(8-14)7-13(3)24-17/h5-6,8,11-13H,7,9-10H2,1-4H3,(H,20,23)/t13-/m1/s1. The number of hydrogen-bond donors (Lipinski definition) is 1. The van der Waals surface area contributed by atoms with Gasteiger partial charge < -0.3 is 15.0 Å². The van der Waals surface area contributed by atoms with Gasteiger partial charge in [-0.25, -0.2) is 9.78 Å². The highest BCUT2D eigenvalue weighted by Gasteiger charge is 2.19. The fourth-order valence-electron chi connectivity index (χ4n) is 2.87. The van der Waals surface area contributed by atoms with Gasteiger partial charge in [0.2, 0.25) is 0 Å². The number of rotatable bonds is 5. The Hall–Kier alpha value is -2.08. The van der Waals surface area contributed by atoms with E-state index in [0.717, 1.165) is 28.4 Å². The third kappa shape index (κ3) is 4.31. The number of nitrogens with one attached hydrogen (secondary N) is 1. The SMILES string of the molecule is CC(C)c1nc(CN(C)C(=O)NCc2ccc3c(c2)C[C@@H](C)O3)cs1. The van der Waals surface area contributed by atoms with Crippen LogP contribution < -0.4 is 10.1 Å². The highest BCUT2D eigenvalue weighted by molar-refractivity contribution is 7.09. The van der Waals surface area contributed by atoms with E-state index < -0.39 is 0 Å². The van der Waals surface area contributed by atoms with Crippen LogP contribution in [0.25, 0.3) is 0 Å². The lowest BCUT2D eigenvalue weighted by Crippen LogP contribution is -2.36.